The van der Waals surface area contributed by atoms with Gasteiger partial charge in [0.25, 0.3) is 0 Å². The second-order valence-corrected chi connectivity index (χ2v) is 11.8. The zero-order valence-corrected chi connectivity index (χ0v) is 27.3. The molecule has 1 fully saturated rings. The monoisotopic (exact) mass is 645 g/mol. The van der Waals surface area contributed by atoms with E-state index >= 15 is 0 Å². The molecule has 2 rings (SSSR count). The average molecular weight is 646 g/mol. The quantitative estimate of drug-likeness (QED) is 0.0732. The van der Waals surface area contributed by atoms with E-state index in [4.69, 9.17) is 10.5 Å². The standard InChI is InChI=1S/C33H51N5O8/c1-5-21(2)28(33(45)46-4)37-30(42)25-16-12-18-38(25)32(44)24(20-39)35-31(43)29(22(3)26(40)19-34)36-27(41)17-11-7-10-15-23-13-8-6-9-14-23/h6,8-9,11,13-14,17,21-22,24-26,28-29,39-40H,5,7,10,12,15-16,18-20,34H2,1-4H3,(H,35,43)(H,36,41)(H,37,42)/b17-11-/t21-,22-,24-,25-,26?,28-,29-/m0/s1. The van der Waals surface area contributed by atoms with Crippen LogP contribution < -0.4 is 21.7 Å². The van der Waals surface area contributed by atoms with E-state index in [-0.39, 0.29) is 19.0 Å². The summed E-state index contributed by atoms with van der Waals surface area (Å²) >= 11 is 0. The number of carbonyl (C=O) groups is 5. The number of hydrogen-bond donors (Lipinski definition) is 6. The van der Waals surface area contributed by atoms with Crippen molar-refractivity contribution in [2.45, 2.75) is 89.6 Å². The van der Waals surface area contributed by atoms with Crippen molar-refractivity contribution in [3.63, 3.8) is 0 Å². The Kier molecular flexibility index (Phi) is 16.4. The first-order chi connectivity index (χ1) is 22.0. The van der Waals surface area contributed by atoms with Crippen LogP contribution in [0.5, 0.6) is 0 Å². The van der Waals surface area contributed by atoms with Gasteiger partial charge in [-0.25, -0.2) is 4.79 Å². The molecular formula is C33H51N5O8. The molecule has 1 aromatic rings. The first-order valence-corrected chi connectivity index (χ1v) is 16.0. The van der Waals surface area contributed by atoms with Gasteiger partial charge in [0.05, 0.1) is 19.8 Å². The third-order valence-corrected chi connectivity index (χ3v) is 8.50. The smallest absolute Gasteiger partial charge is 0.328 e. The molecule has 13 nitrogen and oxygen atoms in total. The number of hydrogen-bond acceptors (Lipinski definition) is 9. The number of allylic oxidation sites excluding steroid dienone is 1. The molecule has 256 valence electrons. The highest BCUT2D eigenvalue weighted by Gasteiger charge is 2.40. The number of rotatable bonds is 18. The molecule has 1 aromatic carbocycles. The van der Waals surface area contributed by atoms with Crippen LogP contribution in [-0.2, 0) is 35.1 Å². The summed E-state index contributed by atoms with van der Waals surface area (Å²) in [7, 11) is 1.23. The first-order valence-electron chi connectivity index (χ1n) is 16.0. The van der Waals surface area contributed by atoms with Gasteiger partial charge in [-0.3, -0.25) is 19.2 Å². The summed E-state index contributed by atoms with van der Waals surface area (Å²) < 4.78 is 4.84. The van der Waals surface area contributed by atoms with Crippen molar-refractivity contribution < 1.29 is 38.9 Å². The maximum absolute atomic E-state index is 13.5. The van der Waals surface area contributed by atoms with Gasteiger partial charge in [0.15, 0.2) is 0 Å². The molecular weight excluding hydrogens is 594 g/mol. The minimum atomic E-state index is -1.43. The Morgan fingerprint density at radius 3 is 2.39 bits per heavy atom. The Balaban J connectivity index is 2.09. The van der Waals surface area contributed by atoms with E-state index in [1.165, 1.54) is 30.6 Å². The number of carbonyl (C=O) groups excluding carboxylic acids is 5. The number of methoxy groups -OCH3 is 1. The summed E-state index contributed by atoms with van der Waals surface area (Å²) in [5, 5.41) is 28.3. The molecule has 0 spiro atoms. The van der Waals surface area contributed by atoms with E-state index in [0.717, 1.165) is 12.8 Å². The van der Waals surface area contributed by atoms with E-state index in [1.54, 1.807) is 13.0 Å². The fourth-order valence-corrected chi connectivity index (χ4v) is 5.33. The number of nitrogens with one attached hydrogen (secondary N) is 3. The third-order valence-electron chi connectivity index (χ3n) is 8.50. The van der Waals surface area contributed by atoms with Gasteiger partial charge in [0.2, 0.25) is 23.6 Å². The van der Waals surface area contributed by atoms with Crippen LogP contribution in [0.15, 0.2) is 42.5 Å². The molecule has 1 aliphatic heterocycles. The molecule has 0 bridgehead atoms. The zero-order chi connectivity index (χ0) is 34.2. The van der Waals surface area contributed by atoms with Crippen LogP contribution in [0.1, 0.15) is 58.4 Å². The second-order valence-electron chi connectivity index (χ2n) is 11.8. The molecule has 1 aliphatic rings. The lowest BCUT2D eigenvalue weighted by atomic mass is 9.94. The summed E-state index contributed by atoms with van der Waals surface area (Å²) in [4.78, 5) is 66.5. The van der Waals surface area contributed by atoms with Crippen LogP contribution in [0.2, 0.25) is 0 Å². The zero-order valence-electron chi connectivity index (χ0n) is 27.3. The lowest BCUT2D eigenvalue weighted by molar-refractivity contribution is -0.148. The number of aliphatic hydroxyl groups excluding tert-OH is 2. The van der Waals surface area contributed by atoms with Crippen LogP contribution in [0.3, 0.4) is 0 Å². The minimum absolute atomic E-state index is 0.174. The normalized spacial score (nSPS) is 18.6. The van der Waals surface area contributed by atoms with E-state index in [1.807, 2.05) is 37.3 Å². The molecule has 0 aromatic heterocycles. The lowest BCUT2D eigenvalue weighted by Crippen LogP contribution is -2.60. The first kappa shape index (κ1) is 38.4. The molecule has 1 saturated heterocycles. The van der Waals surface area contributed by atoms with Crippen molar-refractivity contribution in [3.05, 3.63) is 48.0 Å². The van der Waals surface area contributed by atoms with Crippen molar-refractivity contribution in [1.82, 2.24) is 20.9 Å². The van der Waals surface area contributed by atoms with E-state index in [9.17, 15) is 34.2 Å². The Morgan fingerprint density at radius 2 is 1.78 bits per heavy atom. The Labute approximate surface area is 271 Å². The Bertz CT molecular complexity index is 1180. The number of ether oxygens (including phenoxy) is 1. The van der Waals surface area contributed by atoms with Gasteiger partial charge in [0.1, 0.15) is 24.2 Å². The third kappa shape index (κ3) is 11.2. The highest BCUT2D eigenvalue weighted by molar-refractivity contribution is 5.96. The molecule has 0 aliphatic carbocycles. The largest absolute Gasteiger partial charge is 0.467 e. The fourth-order valence-electron chi connectivity index (χ4n) is 5.33. The predicted molar refractivity (Wildman–Crippen MR) is 172 cm³/mol. The number of aryl methyl sites for hydroxylation is 1. The summed E-state index contributed by atoms with van der Waals surface area (Å²) in [5.74, 6) is -4.25. The van der Waals surface area contributed by atoms with Crippen LogP contribution in [0.25, 0.3) is 0 Å². The number of amides is 4. The van der Waals surface area contributed by atoms with E-state index in [2.05, 4.69) is 16.0 Å². The summed E-state index contributed by atoms with van der Waals surface area (Å²) in [6.45, 7) is 4.47. The molecule has 13 heteroatoms. The summed E-state index contributed by atoms with van der Waals surface area (Å²) in [6, 6.07) is 5.41. The Hall–Kier alpha value is -3.81. The highest BCUT2D eigenvalue weighted by atomic mass is 16.5. The number of unbranched alkanes of at least 4 members (excludes halogenated alkanes) is 1. The molecule has 0 saturated carbocycles. The fraction of sp³-hybridized carbons (Fsp3) is 0.606. The number of nitrogens with two attached hydrogens (primary N) is 1. The number of likely N-dealkylation sites (tertiary alicyclic amines) is 1. The van der Waals surface area contributed by atoms with Gasteiger partial charge < -0.3 is 41.5 Å². The van der Waals surface area contributed by atoms with Gasteiger partial charge >= 0.3 is 5.97 Å². The number of aliphatic hydroxyl groups is 2. The SMILES string of the molecule is CC[C@H](C)[C@H](NC(=O)[C@@H]1CCCN1C(=O)[C@H](CO)NC(=O)[C@@H](NC(=O)/C=C\CCCc1ccccc1)[C@@H](C)C(O)CN)C(=O)OC. The van der Waals surface area contributed by atoms with Crippen LogP contribution in [0, 0.1) is 11.8 Å². The minimum Gasteiger partial charge on any atom is -0.467 e. The van der Waals surface area contributed by atoms with Gasteiger partial charge in [-0.1, -0.05) is 63.6 Å². The van der Waals surface area contributed by atoms with Crippen molar-refractivity contribution in [1.29, 1.82) is 0 Å². The van der Waals surface area contributed by atoms with Gasteiger partial charge in [0, 0.05) is 19.0 Å². The molecule has 0 radical (unpaired) electrons. The van der Waals surface area contributed by atoms with Crippen molar-refractivity contribution >= 4 is 29.6 Å². The van der Waals surface area contributed by atoms with E-state index < -0.39 is 72.4 Å². The second kappa shape index (κ2) is 19.6. The van der Waals surface area contributed by atoms with Gasteiger partial charge in [-0.2, -0.15) is 0 Å². The number of nitrogens with zero attached hydrogens (tertiary/aromatic N) is 1. The summed E-state index contributed by atoms with van der Waals surface area (Å²) in [6.07, 6.45) is 5.58. The Morgan fingerprint density at radius 1 is 1.09 bits per heavy atom. The van der Waals surface area contributed by atoms with Gasteiger partial charge in [-0.15, -0.1) is 0 Å². The summed E-state index contributed by atoms with van der Waals surface area (Å²) in [5.41, 5.74) is 6.81. The van der Waals surface area contributed by atoms with Crippen molar-refractivity contribution in [2.75, 3.05) is 26.8 Å². The molecule has 1 unspecified atom stereocenters. The maximum Gasteiger partial charge on any atom is 0.328 e. The lowest BCUT2D eigenvalue weighted by Gasteiger charge is -2.31. The molecule has 7 atom stereocenters. The molecule has 7 N–H and O–H groups in total. The van der Waals surface area contributed by atoms with Crippen LogP contribution >= 0.6 is 0 Å². The number of esters is 1. The van der Waals surface area contributed by atoms with Gasteiger partial charge in [-0.05, 0) is 49.7 Å². The van der Waals surface area contributed by atoms with E-state index in [0.29, 0.717) is 25.7 Å². The predicted octanol–water partition coefficient (Wildman–Crippen LogP) is 0.178. The molecule has 1 heterocycles. The van der Waals surface area contributed by atoms with Crippen LogP contribution in [-0.4, -0.2) is 102 Å². The number of benzene rings is 1. The molecule has 46 heavy (non-hydrogen) atoms. The molecule has 4 amide bonds. The highest BCUT2D eigenvalue weighted by Crippen LogP contribution is 2.20. The van der Waals surface area contributed by atoms with Crippen LogP contribution in [0.4, 0.5) is 0 Å². The topological polar surface area (TPSA) is 200 Å². The van der Waals surface area contributed by atoms with Crippen molar-refractivity contribution in [2.24, 2.45) is 17.6 Å². The maximum atomic E-state index is 13.5. The average Bonchev–Trinajstić information content (AvgIpc) is 3.57. The van der Waals surface area contributed by atoms with Crippen molar-refractivity contribution in [3.8, 4) is 0 Å².